The molecule has 0 unspecified atom stereocenters. The number of hydrogen-bond acceptors (Lipinski definition) is 3. The monoisotopic (exact) mass is 334 g/mol. The summed E-state index contributed by atoms with van der Waals surface area (Å²) in [6, 6.07) is 14.6. The normalized spacial score (nSPS) is 10.3. The molecule has 0 aliphatic carbocycles. The largest absolute Gasteiger partial charge is 0.435 e. The number of hydrogen-bond donors (Lipinski definition) is 2. The lowest BCUT2D eigenvalue weighted by Gasteiger charge is -2.08. The smallest absolute Gasteiger partial charge is 0.387 e. The molecule has 5 nitrogen and oxygen atoms in total. The molecule has 0 atom stereocenters. The first-order valence-corrected chi connectivity index (χ1v) is 7.18. The Morgan fingerprint density at radius 3 is 2.25 bits per heavy atom. The fourth-order valence-electron chi connectivity index (χ4n) is 1.91. The molecule has 2 aromatic carbocycles. The van der Waals surface area contributed by atoms with Crippen molar-refractivity contribution >= 4 is 11.8 Å². The highest BCUT2D eigenvalue weighted by molar-refractivity contribution is 5.96. The summed E-state index contributed by atoms with van der Waals surface area (Å²) in [4.78, 5) is 23.6. The number of amides is 2. The average Bonchev–Trinajstić information content (AvgIpc) is 2.59. The Morgan fingerprint density at radius 1 is 0.958 bits per heavy atom. The average molecular weight is 334 g/mol. The molecule has 0 aromatic heterocycles. The van der Waals surface area contributed by atoms with Crippen LogP contribution < -0.4 is 15.4 Å². The summed E-state index contributed by atoms with van der Waals surface area (Å²) < 4.78 is 28.3. The number of nitrogens with one attached hydrogen (secondary N) is 2. The number of ether oxygens (including phenoxy) is 1. The van der Waals surface area contributed by atoms with Gasteiger partial charge in [0.2, 0.25) is 5.91 Å². The standard InChI is InChI=1S/C17H16F2N2O3/c18-17(19)24-14-8-6-13(7-9-14)16(23)21-11-15(22)20-10-12-4-2-1-3-5-12/h1-9,17H,10-11H2,(H,20,22)(H,21,23). The van der Waals surface area contributed by atoms with Crippen LogP contribution in [-0.2, 0) is 11.3 Å². The van der Waals surface area contributed by atoms with E-state index in [1.165, 1.54) is 24.3 Å². The van der Waals surface area contributed by atoms with Gasteiger partial charge in [-0.2, -0.15) is 8.78 Å². The topological polar surface area (TPSA) is 67.4 Å². The molecule has 2 aromatic rings. The molecule has 2 N–H and O–H groups in total. The molecule has 2 rings (SSSR count). The Labute approximate surface area is 137 Å². The summed E-state index contributed by atoms with van der Waals surface area (Å²) in [7, 11) is 0. The zero-order chi connectivity index (χ0) is 17.4. The first-order valence-electron chi connectivity index (χ1n) is 7.18. The highest BCUT2D eigenvalue weighted by atomic mass is 19.3. The molecule has 0 heterocycles. The summed E-state index contributed by atoms with van der Waals surface area (Å²) in [5.41, 5.74) is 1.19. The van der Waals surface area contributed by atoms with Crippen LogP contribution in [0.3, 0.4) is 0 Å². The maximum absolute atomic E-state index is 12.0. The summed E-state index contributed by atoms with van der Waals surface area (Å²) in [5, 5.41) is 5.13. The number of benzene rings is 2. The zero-order valence-corrected chi connectivity index (χ0v) is 12.7. The predicted octanol–water partition coefficient (Wildman–Crippen LogP) is 2.33. The fraction of sp³-hybridized carbons (Fsp3) is 0.176. The van der Waals surface area contributed by atoms with Crippen molar-refractivity contribution in [3.8, 4) is 5.75 Å². The molecule has 2 amide bonds. The Hall–Kier alpha value is -2.96. The fourth-order valence-corrected chi connectivity index (χ4v) is 1.91. The van der Waals surface area contributed by atoms with Gasteiger partial charge in [-0.1, -0.05) is 30.3 Å². The van der Waals surface area contributed by atoms with E-state index < -0.39 is 12.5 Å². The molecule has 24 heavy (non-hydrogen) atoms. The van der Waals surface area contributed by atoms with E-state index in [1.807, 2.05) is 30.3 Å². The lowest BCUT2D eigenvalue weighted by molar-refractivity contribution is -0.120. The van der Waals surface area contributed by atoms with Gasteiger partial charge >= 0.3 is 6.61 Å². The zero-order valence-electron chi connectivity index (χ0n) is 12.7. The van der Waals surface area contributed by atoms with Gasteiger partial charge in [0.1, 0.15) is 5.75 Å². The molecule has 7 heteroatoms. The van der Waals surface area contributed by atoms with E-state index in [2.05, 4.69) is 15.4 Å². The van der Waals surface area contributed by atoms with Crippen molar-refractivity contribution in [1.82, 2.24) is 10.6 Å². The van der Waals surface area contributed by atoms with Gasteiger partial charge in [-0.25, -0.2) is 0 Å². The first kappa shape index (κ1) is 17.4. The number of carbonyl (C=O) groups excluding carboxylic acids is 2. The second-order valence-corrected chi connectivity index (χ2v) is 4.85. The van der Waals surface area contributed by atoms with Crippen LogP contribution >= 0.6 is 0 Å². The van der Waals surface area contributed by atoms with Gasteiger partial charge in [0.15, 0.2) is 0 Å². The molecule has 126 valence electrons. The number of rotatable bonds is 7. The highest BCUT2D eigenvalue weighted by Gasteiger charge is 2.09. The van der Waals surface area contributed by atoms with Crippen LogP contribution in [0.2, 0.25) is 0 Å². The van der Waals surface area contributed by atoms with Crippen molar-refractivity contribution in [2.75, 3.05) is 6.54 Å². The van der Waals surface area contributed by atoms with Crippen LogP contribution in [0.25, 0.3) is 0 Å². The highest BCUT2D eigenvalue weighted by Crippen LogP contribution is 2.14. The second kappa shape index (κ2) is 8.61. The van der Waals surface area contributed by atoms with Crippen molar-refractivity contribution in [1.29, 1.82) is 0 Å². The van der Waals surface area contributed by atoms with E-state index in [4.69, 9.17) is 0 Å². The quantitative estimate of drug-likeness (QED) is 0.817. The van der Waals surface area contributed by atoms with E-state index in [-0.39, 0.29) is 23.8 Å². The molecular formula is C17H16F2N2O3. The van der Waals surface area contributed by atoms with Gasteiger partial charge in [0.05, 0.1) is 6.54 Å². The first-order chi connectivity index (χ1) is 11.5. The molecule has 0 spiro atoms. The lowest BCUT2D eigenvalue weighted by Crippen LogP contribution is -2.36. The molecule has 0 saturated carbocycles. The molecule has 0 radical (unpaired) electrons. The Morgan fingerprint density at radius 2 is 1.62 bits per heavy atom. The minimum absolute atomic E-state index is 0.0397. The Bertz CT molecular complexity index is 676. The third-order valence-electron chi connectivity index (χ3n) is 3.08. The molecule has 0 aliphatic rings. The Kier molecular flexibility index (Phi) is 6.24. The van der Waals surface area contributed by atoms with E-state index in [0.29, 0.717) is 6.54 Å². The second-order valence-electron chi connectivity index (χ2n) is 4.85. The molecule has 0 aliphatic heterocycles. The van der Waals surface area contributed by atoms with Crippen LogP contribution in [0.5, 0.6) is 5.75 Å². The summed E-state index contributed by atoms with van der Waals surface area (Å²) >= 11 is 0. The SMILES string of the molecule is O=C(CNC(=O)c1ccc(OC(F)F)cc1)NCc1ccccc1. The molecular weight excluding hydrogens is 318 g/mol. The minimum atomic E-state index is -2.92. The van der Waals surface area contributed by atoms with Gasteiger partial charge in [-0.15, -0.1) is 0 Å². The van der Waals surface area contributed by atoms with Crippen molar-refractivity contribution in [2.45, 2.75) is 13.2 Å². The summed E-state index contributed by atoms with van der Waals surface area (Å²) in [5.74, 6) is -0.847. The van der Waals surface area contributed by atoms with E-state index in [1.54, 1.807) is 0 Å². The molecule has 0 fully saturated rings. The third-order valence-corrected chi connectivity index (χ3v) is 3.08. The maximum Gasteiger partial charge on any atom is 0.387 e. The lowest BCUT2D eigenvalue weighted by atomic mass is 10.2. The van der Waals surface area contributed by atoms with Crippen LogP contribution in [-0.4, -0.2) is 25.0 Å². The van der Waals surface area contributed by atoms with Gasteiger partial charge in [0.25, 0.3) is 5.91 Å². The van der Waals surface area contributed by atoms with Gasteiger partial charge in [-0.3, -0.25) is 9.59 Å². The molecule has 0 saturated heterocycles. The van der Waals surface area contributed by atoms with Crippen LogP contribution in [0.4, 0.5) is 8.78 Å². The Balaban J connectivity index is 1.76. The minimum Gasteiger partial charge on any atom is -0.435 e. The summed E-state index contributed by atoms with van der Waals surface area (Å²) in [6.07, 6.45) is 0. The van der Waals surface area contributed by atoms with Crippen LogP contribution in [0.15, 0.2) is 54.6 Å². The van der Waals surface area contributed by atoms with Crippen molar-refractivity contribution in [3.63, 3.8) is 0 Å². The molecule has 0 bridgehead atoms. The van der Waals surface area contributed by atoms with E-state index in [9.17, 15) is 18.4 Å². The number of halogens is 2. The third kappa shape index (κ3) is 5.68. The van der Waals surface area contributed by atoms with E-state index in [0.717, 1.165) is 5.56 Å². The number of carbonyl (C=O) groups is 2. The van der Waals surface area contributed by atoms with E-state index >= 15 is 0 Å². The van der Waals surface area contributed by atoms with Crippen molar-refractivity contribution in [3.05, 3.63) is 65.7 Å². The van der Waals surface area contributed by atoms with Gasteiger partial charge in [0, 0.05) is 12.1 Å². The van der Waals surface area contributed by atoms with Gasteiger partial charge in [-0.05, 0) is 29.8 Å². The predicted molar refractivity (Wildman–Crippen MR) is 83.7 cm³/mol. The van der Waals surface area contributed by atoms with Crippen molar-refractivity contribution < 1.29 is 23.1 Å². The summed E-state index contributed by atoms with van der Waals surface area (Å²) in [6.45, 7) is -2.73. The van der Waals surface area contributed by atoms with Gasteiger partial charge < -0.3 is 15.4 Å². The number of alkyl halides is 2. The maximum atomic E-state index is 12.0. The van der Waals surface area contributed by atoms with Crippen LogP contribution in [0.1, 0.15) is 15.9 Å². The van der Waals surface area contributed by atoms with Crippen LogP contribution in [0, 0.1) is 0 Å². The van der Waals surface area contributed by atoms with Crippen molar-refractivity contribution in [2.24, 2.45) is 0 Å².